The van der Waals surface area contributed by atoms with Gasteiger partial charge in [0, 0.05) is 34.8 Å². The minimum atomic E-state index is 0.460. The van der Waals surface area contributed by atoms with Crippen molar-refractivity contribution in [1.29, 1.82) is 0 Å². The van der Waals surface area contributed by atoms with Crippen molar-refractivity contribution in [3.8, 4) is 22.4 Å². The lowest BCUT2D eigenvalue weighted by atomic mass is 10.0. The predicted molar refractivity (Wildman–Crippen MR) is 104 cm³/mol. The smallest absolute Gasteiger partial charge is 0.0853 e. The van der Waals surface area contributed by atoms with Crippen LogP contribution in [-0.2, 0) is 0 Å². The van der Waals surface area contributed by atoms with Crippen molar-refractivity contribution in [2.45, 2.75) is 6.92 Å². The van der Waals surface area contributed by atoms with Crippen LogP contribution in [0.2, 0.25) is 0 Å². The maximum atomic E-state index is 5.92. The standard InChI is InChI=1S/C21H20N4/c1-3-19(23)15-4-6-16(7-5-15)21-11-9-18(13-25-21)17-8-10-20(14(2)22)24-12-17/h3-13H,2,22-23H2,1H3. The number of hydrogen-bond acceptors (Lipinski definition) is 4. The van der Waals surface area contributed by atoms with Gasteiger partial charge in [0.25, 0.3) is 0 Å². The third-order valence-electron chi connectivity index (χ3n) is 4.01. The SMILES string of the molecule is C=C(N)c1ccc(-c2ccc(-c3ccc(C(N)=CC)cc3)nc2)cn1. The molecular weight excluding hydrogens is 308 g/mol. The van der Waals surface area contributed by atoms with Crippen LogP contribution in [-0.4, -0.2) is 9.97 Å². The van der Waals surface area contributed by atoms with Gasteiger partial charge in [-0.3, -0.25) is 9.97 Å². The first kappa shape index (κ1) is 16.5. The highest BCUT2D eigenvalue weighted by Gasteiger charge is 2.04. The molecule has 0 unspecified atom stereocenters. The summed E-state index contributed by atoms with van der Waals surface area (Å²) in [5.41, 5.74) is 18.4. The highest BCUT2D eigenvalue weighted by molar-refractivity contribution is 5.70. The predicted octanol–water partition coefficient (Wildman–Crippen LogP) is 4.06. The van der Waals surface area contributed by atoms with Gasteiger partial charge < -0.3 is 11.5 Å². The van der Waals surface area contributed by atoms with Crippen LogP contribution >= 0.6 is 0 Å². The average Bonchev–Trinajstić information content (AvgIpc) is 2.67. The number of aromatic nitrogens is 2. The van der Waals surface area contributed by atoms with Crippen LogP contribution in [0.1, 0.15) is 18.2 Å². The van der Waals surface area contributed by atoms with Gasteiger partial charge >= 0.3 is 0 Å². The van der Waals surface area contributed by atoms with Gasteiger partial charge in [0.15, 0.2) is 0 Å². The van der Waals surface area contributed by atoms with Gasteiger partial charge in [-0.15, -0.1) is 0 Å². The summed E-state index contributed by atoms with van der Waals surface area (Å²) in [6, 6.07) is 15.9. The highest BCUT2D eigenvalue weighted by Crippen LogP contribution is 2.23. The van der Waals surface area contributed by atoms with Crippen LogP contribution in [0.25, 0.3) is 33.8 Å². The van der Waals surface area contributed by atoms with E-state index in [-0.39, 0.29) is 0 Å². The molecule has 124 valence electrons. The summed E-state index contributed by atoms with van der Waals surface area (Å²) in [5, 5.41) is 0. The molecule has 0 aliphatic carbocycles. The van der Waals surface area contributed by atoms with E-state index in [9.17, 15) is 0 Å². The van der Waals surface area contributed by atoms with Gasteiger partial charge in [-0.1, -0.05) is 49.1 Å². The zero-order valence-electron chi connectivity index (χ0n) is 14.1. The Morgan fingerprint density at radius 1 is 0.840 bits per heavy atom. The summed E-state index contributed by atoms with van der Waals surface area (Å²) in [4.78, 5) is 8.86. The fraction of sp³-hybridized carbons (Fsp3) is 0.0476. The van der Waals surface area contributed by atoms with Gasteiger partial charge in [0.05, 0.1) is 17.1 Å². The summed E-state index contributed by atoms with van der Waals surface area (Å²) in [7, 11) is 0. The topological polar surface area (TPSA) is 77.8 Å². The zero-order chi connectivity index (χ0) is 17.8. The van der Waals surface area contributed by atoms with Gasteiger partial charge in [-0.2, -0.15) is 0 Å². The van der Waals surface area contributed by atoms with E-state index >= 15 is 0 Å². The Morgan fingerprint density at radius 2 is 1.44 bits per heavy atom. The Bertz CT molecular complexity index is 906. The molecule has 0 bridgehead atoms. The molecular formula is C21H20N4. The van der Waals surface area contributed by atoms with Crippen molar-refractivity contribution in [2.24, 2.45) is 11.5 Å². The van der Waals surface area contributed by atoms with E-state index in [2.05, 4.69) is 16.5 Å². The van der Waals surface area contributed by atoms with Crippen LogP contribution in [0.3, 0.4) is 0 Å². The molecule has 25 heavy (non-hydrogen) atoms. The van der Waals surface area contributed by atoms with E-state index in [4.69, 9.17) is 11.5 Å². The molecule has 4 heteroatoms. The molecule has 0 aliphatic rings. The van der Waals surface area contributed by atoms with Crippen molar-refractivity contribution in [1.82, 2.24) is 9.97 Å². The first-order chi connectivity index (χ1) is 12.1. The van der Waals surface area contributed by atoms with Crippen molar-refractivity contribution in [3.05, 3.63) is 84.8 Å². The Morgan fingerprint density at radius 3 is 1.92 bits per heavy atom. The Labute approximate surface area is 147 Å². The summed E-state index contributed by atoms with van der Waals surface area (Å²) >= 11 is 0. The number of benzene rings is 1. The molecule has 3 rings (SSSR count). The van der Waals surface area contributed by atoms with E-state index in [1.54, 1.807) is 6.20 Å². The molecule has 1 aromatic carbocycles. The van der Waals surface area contributed by atoms with Crippen LogP contribution in [0.4, 0.5) is 0 Å². The van der Waals surface area contributed by atoms with Crippen molar-refractivity contribution in [2.75, 3.05) is 0 Å². The second-order valence-electron chi connectivity index (χ2n) is 5.71. The number of allylic oxidation sites excluding steroid dienone is 1. The van der Waals surface area contributed by atoms with E-state index < -0.39 is 0 Å². The minimum absolute atomic E-state index is 0.460. The van der Waals surface area contributed by atoms with Gasteiger partial charge in [0.1, 0.15) is 0 Å². The van der Waals surface area contributed by atoms with E-state index in [0.717, 1.165) is 33.6 Å². The fourth-order valence-corrected chi connectivity index (χ4v) is 2.49. The van der Waals surface area contributed by atoms with Crippen LogP contribution < -0.4 is 11.5 Å². The molecule has 4 N–H and O–H groups in total. The molecule has 0 radical (unpaired) electrons. The van der Waals surface area contributed by atoms with Gasteiger partial charge in [0.2, 0.25) is 0 Å². The molecule has 0 fully saturated rings. The number of nitrogens with two attached hydrogens (primary N) is 2. The lowest BCUT2D eigenvalue weighted by molar-refractivity contribution is 1.25. The van der Waals surface area contributed by atoms with Gasteiger partial charge in [-0.05, 0) is 24.6 Å². The maximum absolute atomic E-state index is 5.92. The maximum Gasteiger partial charge on any atom is 0.0853 e. The Hall–Kier alpha value is -3.40. The lowest BCUT2D eigenvalue weighted by Crippen LogP contribution is -1.96. The second kappa shape index (κ2) is 7.01. The van der Waals surface area contributed by atoms with Crippen molar-refractivity contribution in [3.63, 3.8) is 0 Å². The van der Waals surface area contributed by atoms with Crippen LogP contribution in [0.5, 0.6) is 0 Å². The molecule has 0 spiro atoms. The third kappa shape index (κ3) is 3.58. The molecule has 0 aliphatic heterocycles. The lowest BCUT2D eigenvalue weighted by Gasteiger charge is -2.06. The van der Waals surface area contributed by atoms with E-state index in [1.165, 1.54) is 0 Å². The molecule has 4 nitrogen and oxygen atoms in total. The monoisotopic (exact) mass is 328 g/mol. The Balaban J connectivity index is 1.83. The van der Waals surface area contributed by atoms with Crippen LogP contribution in [0.15, 0.2) is 73.6 Å². The molecule has 0 saturated carbocycles. The van der Waals surface area contributed by atoms with E-state index in [0.29, 0.717) is 11.4 Å². The van der Waals surface area contributed by atoms with Gasteiger partial charge in [-0.25, -0.2) is 0 Å². The molecule has 0 atom stereocenters. The molecule has 0 saturated heterocycles. The molecule has 2 heterocycles. The first-order valence-electron chi connectivity index (χ1n) is 7.98. The molecule has 3 aromatic rings. The van der Waals surface area contributed by atoms with Crippen molar-refractivity contribution >= 4 is 11.4 Å². The molecule has 0 amide bonds. The Kier molecular flexibility index (Phi) is 4.61. The minimum Gasteiger partial charge on any atom is -0.399 e. The molecule has 2 aromatic heterocycles. The number of hydrogen-bond donors (Lipinski definition) is 2. The quantitative estimate of drug-likeness (QED) is 0.757. The normalized spacial score (nSPS) is 11.3. The zero-order valence-corrected chi connectivity index (χ0v) is 14.1. The number of nitrogens with zero attached hydrogens (tertiary/aromatic N) is 2. The summed E-state index contributed by atoms with van der Waals surface area (Å²) in [6.07, 6.45) is 5.51. The van der Waals surface area contributed by atoms with E-state index in [1.807, 2.05) is 67.7 Å². The number of rotatable bonds is 4. The van der Waals surface area contributed by atoms with Crippen LogP contribution in [0, 0.1) is 0 Å². The fourth-order valence-electron chi connectivity index (χ4n) is 2.49. The summed E-state index contributed by atoms with van der Waals surface area (Å²) in [5.74, 6) is 0. The third-order valence-corrected chi connectivity index (χ3v) is 4.01. The highest BCUT2D eigenvalue weighted by atomic mass is 14.7. The summed E-state index contributed by atoms with van der Waals surface area (Å²) < 4.78 is 0. The second-order valence-corrected chi connectivity index (χ2v) is 5.71. The van der Waals surface area contributed by atoms with Crippen molar-refractivity contribution < 1.29 is 0 Å². The average molecular weight is 328 g/mol. The summed E-state index contributed by atoms with van der Waals surface area (Å²) in [6.45, 7) is 5.61. The largest absolute Gasteiger partial charge is 0.399 e. The first-order valence-corrected chi connectivity index (χ1v) is 7.98. The number of pyridine rings is 2.